The van der Waals surface area contributed by atoms with Gasteiger partial charge in [-0.1, -0.05) is 32.1 Å². The van der Waals surface area contributed by atoms with Crippen molar-refractivity contribution >= 4 is 0 Å². The van der Waals surface area contributed by atoms with Gasteiger partial charge < -0.3 is 5.32 Å². The molecule has 0 aromatic heterocycles. The van der Waals surface area contributed by atoms with Gasteiger partial charge in [0.15, 0.2) is 0 Å². The van der Waals surface area contributed by atoms with Gasteiger partial charge >= 0.3 is 0 Å². The number of likely N-dealkylation sites (tertiary alicyclic amines) is 1. The Morgan fingerprint density at radius 3 is 2.45 bits per heavy atom. The fourth-order valence-corrected chi connectivity index (χ4v) is 4.93. The predicted molar refractivity (Wildman–Crippen MR) is 86.0 cm³/mol. The van der Waals surface area contributed by atoms with E-state index in [1.54, 1.807) is 0 Å². The average molecular weight is 278 g/mol. The summed E-state index contributed by atoms with van der Waals surface area (Å²) >= 11 is 0. The minimum absolute atomic E-state index is 0.939. The van der Waals surface area contributed by atoms with E-state index in [1.807, 2.05) is 0 Å². The van der Waals surface area contributed by atoms with Gasteiger partial charge in [0.25, 0.3) is 0 Å². The van der Waals surface area contributed by atoms with E-state index in [-0.39, 0.29) is 0 Å². The Morgan fingerprint density at radius 1 is 0.800 bits per heavy atom. The molecule has 2 unspecified atom stereocenters. The Kier molecular flexibility index (Phi) is 5.78. The molecule has 0 amide bonds. The second-order valence-electron chi connectivity index (χ2n) is 7.50. The van der Waals surface area contributed by atoms with E-state index in [0.29, 0.717) is 0 Å². The van der Waals surface area contributed by atoms with Crippen molar-refractivity contribution in [3.63, 3.8) is 0 Å². The maximum atomic E-state index is 3.76. The van der Waals surface area contributed by atoms with Crippen molar-refractivity contribution in [3.8, 4) is 0 Å². The van der Waals surface area contributed by atoms with Crippen LogP contribution in [0, 0.1) is 11.8 Å². The van der Waals surface area contributed by atoms with Crippen LogP contribution in [0.3, 0.4) is 0 Å². The SMILES string of the molecule is C1CCC(CNCCN2CCCC3CCCCC32)CC1. The molecule has 3 aliphatic rings. The van der Waals surface area contributed by atoms with E-state index in [2.05, 4.69) is 10.2 Å². The lowest BCUT2D eigenvalue weighted by molar-refractivity contribution is 0.0616. The monoisotopic (exact) mass is 278 g/mol. The number of nitrogens with zero attached hydrogens (tertiary/aromatic N) is 1. The van der Waals surface area contributed by atoms with E-state index in [9.17, 15) is 0 Å². The summed E-state index contributed by atoms with van der Waals surface area (Å²) in [6, 6.07) is 0.939. The van der Waals surface area contributed by atoms with E-state index in [0.717, 1.165) is 17.9 Å². The van der Waals surface area contributed by atoms with Crippen LogP contribution in [-0.2, 0) is 0 Å². The summed E-state index contributed by atoms with van der Waals surface area (Å²) in [6.07, 6.45) is 16.3. The van der Waals surface area contributed by atoms with Gasteiger partial charge in [-0.2, -0.15) is 0 Å². The average Bonchev–Trinajstić information content (AvgIpc) is 2.53. The van der Waals surface area contributed by atoms with Gasteiger partial charge in [-0.15, -0.1) is 0 Å². The second kappa shape index (κ2) is 7.79. The van der Waals surface area contributed by atoms with Crippen molar-refractivity contribution in [2.45, 2.75) is 76.7 Å². The molecule has 1 saturated heterocycles. The first kappa shape index (κ1) is 14.8. The molecular weight excluding hydrogens is 244 g/mol. The van der Waals surface area contributed by atoms with Gasteiger partial charge in [0, 0.05) is 19.1 Å². The summed E-state index contributed by atoms with van der Waals surface area (Å²) in [5.74, 6) is 2.02. The fourth-order valence-electron chi connectivity index (χ4n) is 4.93. The normalized spacial score (nSPS) is 33.0. The molecule has 20 heavy (non-hydrogen) atoms. The van der Waals surface area contributed by atoms with Crippen molar-refractivity contribution in [3.05, 3.63) is 0 Å². The van der Waals surface area contributed by atoms with E-state index in [1.165, 1.54) is 96.8 Å². The van der Waals surface area contributed by atoms with E-state index >= 15 is 0 Å². The number of fused-ring (bicyclic) bond motifs is 1. The minimum Gasteiger partial charge on any atom is -0.315 e. The number of rotatable bonds is 5. The Labute approximate surface area is 125 Å². The number of nitrogens with one attached hydrogen (secondary N) is 1. The molecule has 1 N–H and O–H groups in total. The van der Waals surface area contributed by atoms with Crippen molar-refractivity contribution < 1.29 is 0 Å². The summed E-state index contributed by atoms with van der Waals surface area (Å²) in [7, 11) is 0. The van der Waals surface area contributed by atoms with Crippen molar-refractivity contribution in [2.24, 2.45) is 11.8 Å². The van der Waals surface area contributed by atoms with Crippen LogP contribution in [0.25, 0.3) is 0 Å². The maximum Gasteiger partial charge on any atom is 0.0124 e. The standard InChI is InChI=1S/C18H34N2/c1-2-7-16(8-3-1)15-19-12-14-20-13-6-10-17-9-4-5-11-18(17)20/h16-19H,1-15H2. The lowest BCUT2D eigenvalue weighted by atomic mass is 9.78. The van der Waals surface area contributed by atoms with Crippen LogP contribution < -0.4 is 5.32 Å². The van der Waals surface area contributed by atoms with Crippen LogP contribution >= 0.6 is 0 Å². The molecule has 2 atom stereocenters. The van der Waals surface area contributed by atoms with Crippen LogP contribution in [-0.4, -0.2) is 37.1 Å². The number of piperidine rings is 1. The predicted octanol–water partition coefficient (Wildman–Crippen LogP) is 3.81. The summed E-state index contributed by atoms with van der Waals surface area (Å²) in [4.78, 5) is 2.82. The molecular formula is C18H34N2. The van der Waals surface area contributed by atoms with Crippen LogP contribution in [0.2, 0.25) is 0 Å². The Morgan fingerprint density at radius 2 is 1.55 bits per heavy atom. The van der Waals surface area contributed by atoms with E-state index < -0.39 is 0 Å². The van der Waals surface area contributed by atoms with Gasteiger partial charge in [0.1, 0.15) is 0 Å². The molecule has 3 fully saturated rings. The van der Waals surface area contributed by atoms with Gasteiger partial charge in [-0.3, -0.25) is 4.90 Å². The molecule has 1 heterocycles. The molecule has 2 saturated carbocycles. The summed E-state index contributed by atoms with van der Waals surface area (Å²) in [6.45, 7) is 5.17. The highest BCUT2D eigenvalue weighted by Gasteiger charge is 2.32. The lowest BCUT2D eigenvalue weighted by Gasteiger charge is -2.44. The highest BCUT2D eigenvalue weighted by Crippen LogP contribution is 2.34. The van der Waals surface area contributed by atoms with Crippen LogP contribution in [0.4, 0.5) is 0 Å². The maximum absolute atomic E-state index is 3.76. The van der Waals surface area contributed by atoms with Crippen molar-refractivity contribution in [1.29, 1.82) is 0 Å². The third-order valence-corrected chi connectivity index (χ3v) is 6.09. The lowest BCUT2D eigenvalue weighted by Crippen LogP contribution is -2.49. The zero-order valence-electron chi connectivity index (χ0n) is 13.3. The summed E-state index contributed by atoms with van der Waals surface area (Å²) in [5, 5.41) is 3.76. The quantitative estimate of drug-likeness (QED) is 0.769. The molecule has 2 nitrogen and oxygen atoms in total. The zero-order chi connectivity index (χ0) is 13.6. The third kappa shape index (κ3) is 3.98. The van der Waals surface area contributed by atoms with Crippen LogP contribution in [0.15, 0.2) is 0 Å². The molecule has 2 aliphatic carbocycles. The first-order valence-electron chi connectivity index (χ1n) is 9.38. The highest BCUT2D eigenvalue weighted by atomic mass is 15.2. The molecule has 0 aromatic rings. The van der Waals surface area contributed by atoms with Gasteiger partial charge in [0.2, 0.25) is 0 Å². The van der Waals surface area contributed by atoms with Crippen molar-refractivity contribution in [1.82, 2.24) is 10.2 Å². The first-order chi connectivity index (χ1) is 9.93. The summed E-state index contributed by atoms with van der Waals surface area (Å²) < 4.78 is 0. The van der Waals surface area contributed by atoms with E-state index in [4.69, 9.17) is 0 Å². The molecule has 116 valence electrons. The Bertz CT molecular complexity index is 271. The molecule has 1 aliphatic heterocycles. The Hall–Kier alpha value is -0.0800. The molecule has 3 rings (SSSR count). The molecule has 0 spiro atoms. The first-order valence-corrected chi connectivity index (χ1v) is 9.38. The zero-order valence-corrected chi connectivity index (χ0v) is 13.3. The number of hydrogen-bond acceptors (Lipinski definition) is 2. The van der Waals surface area contributed by atoms with Crippen LogP contribution in [0.5, 0.6) is 0 Å². The molecule has 0 aromatic carbocycles. The molecule has 0 radical (unpaired) electrons. The van der Waals surface area contributed by atoms with Crippen LogP contribution in [0.1, 0.15) is 70.6 Å². The number of hydrogen-bond donors (Lipinski definition) is 1. The molecule has 2 heteroatoms. The smallest absolute Gasteiger partial charge is 0.0124 e. The summed E-state index contributed by atoms with van der Waals surface area (Å²) in [5.41, 5.74) is 0. The third-order valence-electron chi connectivity index (χ3n) is 6.09. The van der Waals surface area contributed by atoms with Gasteiger partial charge in [-0.05, 0) is 63.5 Å². The van der Waals surface area contributed by atoms with Gasteiger partial charge in [0.05, 0.1) is 0 Å². The fraction of sp³-hybridized carbons (Fsp3) is 1.00. The Balaban J connectivity index is 1.34. The second-order valence-corrected chi connectivity index (χ2v) is 7.50. The van der Waals surface area contributed by atoms with Crippen molar-refractivity contribution in [2.75, 3.05) is 26.2 Å². The largest absolute Gasteiger partial charge is 0.315 e. The topological polar surface area (TPSA) is 15.3 Å². The highest BCUT2D eigenvalue weighted by molar-refractivity contribution is 4.87. The molecule has 0 bridgehead atoms. The van der Waals surface area contributed by atoms with Gasteiger partial charge in [-0.25, -0.2) is 0 Å². The minimum atomic E-state index is 0.939.